The van der Waals surface area contributed by atoms with Crippen molar-refractivity contribution >= 4 is 35.7 Å². The van der Waals surface area contributed by atoms with Gasteiger partial charge in [0.1, 0.15) is 9.50 Å². The summed E-state index contributed by atoms with van der Waals surface area (Å²) in [5.74, 6) is 0. The van der Waals surface area contributed by atoms with Gasteiger partial charge in [-0.2, -0.15) is 0 Å². The summed E-state index contributed by atoms with van der Waals surface area (Å²) in [6, 6.07) is 0.937. The van der Waals surface area contributed by atoms with Gasteiger partial charge < -0.3 is 0 Å². The Labute approximate surface area is 98.0 Å². The molecular formula is C7H5BrClF2NO2S. The molecule has 0 unspecified atom stereocenters. The highest BCUT2D eigenvalue weighted by Crippen LogP contribution is 2.32. The molecule has 0 N–H and O–H groups in total. The number of aromatic nitrogens is 1. The third-order valence-corrected chi connectivity index (χ3v) is 3.51. The van der Waals surface area contributed by atoms with Crippen molar-refractivity contribution in [3.8, 4) is 0 Å². The number of hydrogen-bond acceptors (Lipinski definition) is 3. The summed E-state index contributed by atoms with van der Waals surface area (Å²) in [5.41, 5.74) is -0.709. The van der Waals surface area contributed by atoms with Gasteiger partial charge in [-0.1, -0.05) is 0 Å². The standard InChI is InChI=1S/C7H5BrClF2NO2S/c1-3-6(15(9,13)14)4(7(10)11)2-5(8)12-3/h2,7H,1H3. The maximum atomic E-state index is 12.5. The van der Waals surface area contributed by atoms with Crippen molar-refractivity contribution in [1.29, 1.82) is 0 Å². The number of hydrogen-bond donors (Lipinski definition) is 0. The SMILES string of the molecule is Cc1nc(Br)cc(C(F)F)c1S(=O)(=O)Cl. The van der Waals surface area contributed by atoms with Crippen LogP contribution in [0.3, 0.4) is 0 Å². The summed E-state index contributed by atoms with van der Waals surface area (Å²) in [6.45, 7) is 1.30. The molecule has 0 radical (unpaired) electrons. The van der Waals surface area contributed by atoms with Gasteiger partial charge in [-0.25, -0.2) is 22.2 Å². The van der Waals surface area contributed by atoms with Crippen LogP contribution in [0.25, 0.3) is 0 Å². The molecule has 0 bridgehead atoms. The van der Waals surface area contributed by atoms with E-state index in [1.165, 1.54) is 6.92 Å². The Kier molecular flexibility index (Phi) is 3.67. The fourth-order valence-corrected chi connectivity index (χ4v) is 3.07. The number of pyridine rings is 1. The molecule has 0 saturated heterocycles. The van der Waals surface area contributed by atoms with Gasteiger partial charge in [0.15, 0.2) is 0 Å². The van der Waals surface area contributed by atoms with E-state index in [1.54, 1.807) is 0 Å². The van der Waals surface area contributed by atoms with E-state index < -0.39 is 25.9 Å². The van der Waals surface area contributed by atoms with Crippen molar-refractivity contribution in [2.24, 2.45) is 0 Å². The molecule has 3 nitrogen and oxygen atoms in total. The van der Waals surface area contributed by atoms with E-state index in [1.807, 2.05) is 0 Å². The van der Waals surface area contributed by atoms with Gasteiger partial charge in [-0.15, -0.1) is 0 Å². The molecule has 0 aromatic carbocycles. The molecule has 1 heterocycles. The van der Waals surface area contributed by atoms with Gasteiger partial charge in [-0.3, -0.25) is 0 Å². The van der Waals surface area contributed by atoms with Crippen LogP contribution in [0.1, 0.15) is 17.7 Å². The van der Waals surface area contributed by atoms with Crippen molar-refractivity contribution in [2.75, 3.05) is 0 Å². The highest BCUT2D eigenvalue weighted by molar-refractivity contribution is 9.10. The molecule has 1 aromatic rings. The third kappa shape index (κ3) is 2.85. The van der Waals surface area contributed by atoms with Crippen LogP contribution < -0.4 is 0 Å². The molecule has 8 heteroatoms. The van der Waals surface area contributed by atoms with Gasteiger partial charge >= 0.3 is 0 Å². The quantitative estimate of drug-likeness (QED) is 0.621. The summed E-state index contributed by atoms with van der Waals surface area (Å²) in [6.07, 6.45) is -2.92. The molecular weight excluding hydrogens is 316 g/mol. The Morgan fingerprint density at radius 2 is 2.07 bits per heavy atom. The van der Waals surface area contributed by atoms with E-state index in [2.05, 4.69) is 20.9 Å². The predicted octanol–water partition coefficient (Wildman–Crippen LogP) is 3.02. The molecule has 1 aromatic heterocycles. The highest BCUT2D eigenvalue weighted by Gasteiger charge is 2.25. The summed E-state index contributed by atoms with van der Waals surface area (Å²) in [5, 5.41) is 0. The maximum absolute atomic E-state index is 12.5. The zero-order valence-corrected chi connectivity index (χ0v) is 10.5. The largest absolute Gasteiger partial charge is 0.265 e. The predicted molar refractivity (Wildman–Crippen MR) is 54.7 cm³/mol. The second-order valence-electron chi connectivity index (χ2n) is 2.69. The van der Waals surface area contributed by atoms with Crippen LogP contribution >= 0.6 is 26.6 Å². The van der Waals surface area contributed by atoms with Gasteiger partial charge in [0.25, 0.3) is 15.5 Å². The van der Waals surface area contributed by atoms with Crippen molar-refractivity contribution < 1.29 is 17.2 Å². The lowest BCUT2D eigenvalue weighted by Gasteiger charge is -2.08. The molecule has 0 aliphatic heterocycles. The second-order valence-corrected chi connectivity index (χ2v) is 6.00. The van der Waals surface area contributed by atoms with Crippen molar-refractivity contribution in [3.63, 3.8) is 0 Å². The monoisotopic (exact) mass is 319 g/mol. The van der Waals surface area contributed by atoms with Crippen LogP contribution in [0.5, 0.6) is 0 Å². The van der Waals surface area contributed by atoms with Crippen LogP contribution in [0.15, 0.2) is 15.6 Å². The molecule has 0 amide bonds. The van der Waals surface area contributed by atoms with Crippen molar-refractivity contribution in [3.05, 3.63) is 21.9 Å². The lowest BCUT2D eigenvalue weighted by atomic mass is 10.2. The number of nitrogens with zero attached hydrogens (tertiary/aromatic N) is 1. The molecule has 15 heavy (non-hydrogen) atoms. The van der Waals surface area contributed by atoms with Gasteiger partial charge in [-0.05, 0) is 28.9 Å². The molecule has 0 aliphatic rings. The van der Waals surface area contributed by atoms with Crippen LogP contribution in [0, 0.1) is 6.92 Å². The van der Waals surface area contributed by atoms with Crippen molar-refractivity contribution in [2.45, 2.75) is 18.2 Å². The number of halogens is 4. The molecule has 0 fully saturated rings. The minimum atomic E-state index is -4.22. The molecule has 0 saturated carbocycles. The fourth-order valence-electron chi connectivity index (χ4n) is 1.13. The van der Waals surface area contributed by atoms with Crippen LogP contribution in [0.2, 0.25) is 0 Å². The first-order valence-electron chi connectivity index (χ1n) is 3.63. The third-order valence-electron chi connectivity index (χ3n) is 1.62. The Balaban J connectivity index is 3.62. The average molecular weight is 321 g/mol. The van der Waals surface area contributed by atoms with Crippen LogP contribution in [-0.2, 0) is 9.05 Å². The van der Waals surface area contributed by atoms with E-state index in [0.717, 1.165) is 6.07 Å². The first kappa shape index (κ1) is 12.8. The lowest BCUT2D eigenvalue weighted by molar-refractivity contribution is 0.147. The van der Waals surface area contributed by atoms with E-state index in [-0.39, 0.29) is 10.3 Å². The van der Waals surface area contributed by atoms with Gasteiger partial charge in [0, 0.05) is 16.2 Å². The topological polar surface area (TPSA) is 47.0 Å². The number of aryl methyl sites for hydroxylation is 1. The fraction of sp³-hybridized carbons (Fsp3) is 0.286. The van der Waals surface area contributed by atoms with Gasteiger partial charge in [0.05, 0.1) is 5.69 Å². The Hall–Kier alpha value is -0.270. The minimum Gasteiger partial charge on any atom is -0.245 e. The maximum Gasteiger partial charge on any atom is 0.265 e. The zero-order valence-electron chi connectivity index (χ0n) is 7.34. The minimum absolute atomic E-state index is 0.0605. The second kappa shape index (κ2) is 4.31. The summed E-state index contributed by atoms with van der Waals surface area (Å²) < 4.78 is 47.4. The molecule has 0 spiro atoms. The van der Waals surface area contributed by atoms with E-state index in [0.29, 0.717) is 0 Å². The van der Waals surface area contributed by atoms with E-state index >= 15 is 0 Å². The van der Waals surface area contributed by atoms with E-state index in [4.69, 9.17) is 10.7 Å². The average Bonchev–Trinajstić information content (AvgIpc) is 1.99. The Bertz CT molecular complexity index is 492. The first-order chi connectivity index (χ1) is 6.73. The van der Waals surface area contributed by atoms with Gasteiger partial charge in [0.2, 0.25) is 0 Å². The first-order valence-corrected chi connectivity index (χ1v) is 6.73. The molecule has 1 rings (SSSR count). The Morgan fingerprint density at radius 3 is 2.47 bits per heavy atom. The normalized spacial score (nSPS) is 12.1. The van der Waals surface area contributed by atoms with Crippen molar-refractivity contribution in [1.82, 2.24) is 4.98 Å². The smallest absolute Gasteiger partial charge is 0.245 e. The van der Waals surface area contributed by atoms with Crippen LogP contribution in [0.4, 0.5) is 8.78 Å². The lowest BCUT2D eigenvalue weighted by Crippen LogP contribution is -2.04. The zero-order chi connectivity index (χ0) is 11.8. The Morgan fingerprint density at radius 1 is 1.53 bits per heavy atom. The summed E-state index contributed by atoms with van der Waals surface area (Å²) in [4.78, 5) is 3.08. The number of rotatable bonds is 2. The molecule has 0 atom stereocenters. The summed E-state index contributed by atoms with van der Waals surface area (Å²) in [7, 11) is 0.832. The van der Waals surface area contributed by atoms with E-state index in [9.17, 15) is 17.2 Å². The number of alkyl halides is 2. The summed E-state index contributed by atoms with van der Waals surface area (Å²) >= 11 is 2.90. The molecule has 0 aliphatic carbocycles. The highest BCUT2D eigenvalue weighted by atomic mass is 79.9. The molecule has 84 valence electrons. The van der Waals surface area contributed by atoms with Crippen LogP contribution in [-0.4, -0.2) is 13.4 Å².